The molecule has 0 aliphatic heterocycles. The number of benzene rings is 2. The predicted molar refractivity (Wildman–Crippen MR) is 134 cm³/mol. The van der Waals surface area contributed by atoms with E-state index in [-0.39, 0.29) is 42.8 Å². The van der Waals surface area contributed by atoms with Gasteiger partial charge in [-0.25, -0.2) is 4.98 Å². The van der Waals surface area contributed by atoms with Crippen LogP contribution in [0.1, 0.15) is 63.1 Å². The maximum atomic E-state index is 13.2. The third kappa shape index (κ3) is 5.71. The Morgan fingerprint density at radius 1 is 1.03 bits per heavy atom. The Labute approximate surface area is 199 Å². The maximum absolute atomic E-state index is 13.2. The van der Waals surface area contributed by atoms with Crippen LogP contribution in [-0.2, 0) is 22.6 Å². The number of rotatable bonds is 8. The molecule has 0 atom stereocenters. The van der Waals surface area contributed by atoms with Crippen molar-refractivity contribution in [3.8, 4) is 0 Å². The molecule has 1 heterocycles. The van der Waals surface area contributed by atoms with Crippen molar-refractivity contribution in [2.75, 3.05) is 5.32 Å². The molecule has 1 saturated carbocycles. The first-order valence-electron chi connectivity index (χ1n) is 12.1. The molecule has 1 aliphatic rings. The standard InChI is InChI=1S/C27H32N4O3/c1-18(2)19-11-13-21(14-12-19)29-26(33)17-31-24-10-6-5-9-22(24)30-23(27(31)34)15-16-25(32)28-20-7-3-4-8-20/h5-6,9-14,18,20H,3-4,7-8,15-17H2,1-2H3,(H,28,32)(H,29,33). The van der Waals surface area contributed by atoms with Gasteiger partial charge in [-0.3, -0.25) is 19.0 Å². The fourth-order valence-electron chi connectivity index (χ4n) is 4.46. The maximum Gasteiger partial charge on any atom is 0.273 e. The highest BCUT2D eigenvalue weighted by Crippen LogP contribution is 2.19. The van der Waals surface area contributed by atoms with E-state index in [0.29, 0.717) is 28.3 Å². The van der Waals surface area contributed by atoms with Crippen LogP contribution in [0.25, 0.3) is 11.0 Å². The average Bonchev–Trinajstić information content (AvgIpc) is 3.33. The highest BCUT2D eigenvalue weighted by molar-refractivity contribution is 5.91. The number of carbonyl (C=O) groups is 2. The molecule has 2 aromatic carbocycles. The van der Waals surface area contributed by atoms with E-state index in [4.69, 9.17) is 0 Å². The molecule has 7 nitrogen and oxygen atoms in total. The zero-order valence-corrected chi connectivity index (χ0v) is 19.8. The number of nitrogens with one attached hydrogen (secondary N) is 2. The van der Waals surface area contributed by atoms with Crippen molar-refractivity contribution in [3.63, 3.8) is 0 Å². The second-order valence-corrected chi connectivity index (χ2v) is 9.31. The third-order valence-electron chi connectivity index (χ3n) is 6.39. The number of carbonyl (C=O) groups excluding carboxylic acids is 2. The Hall–Kier alpha value is -3.48. The van der Waals surface area contributed by atoms with Crippen LogP contribution in [0.2, 0.25) is 0 Å². The second kappa shape index (κ2) is 10.6. The molecule has 1 aliphatic carbocycles. The predicted octanol–water partition coefficient (Wildman–Crippen LogP) is 4.15. The molecule has 0 bridgehead atoms. The molecule has 178 valence electrons. The summed E-state index contributed by atoms with van der Waals surface area (Å²) in [6.45, 7) is 4.10. The van der Waals surface area contributed by atoms with Crippen molar-refractivity contribution < 1.29 is 9.59 Å². The van der Waals surface area contributed by atoms with E-state index in [1.807, 2.05) is 42.5 Å². The first-order chi connectivity index (χ1) is 16.4. The van der Waals surface area contributed by atoms with Gasteiger partial charge in [-0.1, -0.05) is 51.0 Å². The van der Waals surface area contributed by atoms with E-state index >= 15 is 0 Å². The van der Waals surface area contributed by atoms with Crippen molar-refractivity contribution in [2.45, 2.75) is 70.9 Å². The molecular formula is C27H32N4O3. The molecule has 3 aromatic rings. The minimum Gasteiger partial charge on any atom is -0.353 e. The van der Waals surface area contributed by atoms with Crippen molar-refractivity contribution in [2.24, 2.45) is 0 Å². The number of hydrogen-bond donors (Lipinski definition) is 2. The fraction of sp³-hybridized carbons (Fsp3) is 0.407. The van der Waals surface area contributed by atoms with Crippen LogP contribution in [0.15, 0.2) is 53.3 Å². The summed E-state index contributed by atoms with van der Waals surface area (Å²) in [5.41, 5.74) is 3.06. The normalized spacial score (nSPS) is 14.0. The van der Waals surface area contributed by atoms with Crippen molar-refractivity contribution in [1.29, 1.82) is 0 Å². The summed E-state index contributed by atoms with van der Waals surface area (Å²) in [6.07, 6.45) is 4.76. The van der Waals surface area contributed by atoms with Gasteiger partial charge in [-0.05, 0) is 48.6 Å². The monoisotopic (exact) mass is 460 g/mol. The summed E-state index contributed by atoms with van der Waals surface area (Å²) in [6, 6.07) is 15.2. The number of fused-ring (bicyclic) bond motifs is 1. The number of para-hydroxylation sites is 2. The SMILES string of the molecule is CC(C)c1ccc(NC(=O)Cn2c(=O)c(CCC(=O)NC3CCCC3)nc3ccccc32)cc1. The highest BCUT2D eigenvalue weighted by atomic mass is 16.2. The Balaban J connectivity index is 1.50. The van der Waals surface area contributed by atoms with Crippen molar-refractivity contribution in [1.82, 2.24) is 14.9 Å². The lowest BCUT2D eigenvalue weighted by Crippen LogP contribution is -2.34. The number of aromatic nitrogens is 2. The van der Waals surface area contributed by atoms with Gasteiger partial charge in [0, 0.05) is 24.6 Å². The van der Waals surface area contributed by atoms with Gasteiger partial charge in [0.15, 0.2) is 0 Å². The summed E-state index contributed by atoms with van der Waals surface area (Å²) in [4.78, 5) is 42.9. The van der Waals surface area contributed by atoms with Crippen LogP contribution in [0.3, 0.4) is 0 Å². The van der Waals surface area contributed by atoms with E-state index in [1.165, 1.54) is 10.1 Å². The third-order valence-corrected chi connectivity index (χ3v) is 6.39. The van der Waals surface area contributed by atoms with E-state index in [2.05, 4.69) is 29.5 Å². The largest absolute Gasteiger partial charge is 0.353 e. The topological polar surface area (TPSA) is 93.1 Å². The minimum atomic E-state index is -0.335. The molecule has 34 heavy (non-hydrogen) atoms. The molecule has 4 rings (SSSR count). The number of amides is 2. The van der Waals surface area contributed by atoms with Gasteiger partial charge in [0.1, 0.15) is 12.2 Å². The molecule has 2 amide bonds. The summed E-state index contributed by atoms with van der Waals surface area (Å²) in [7, 11) is 0. The lowest BCUT2D eigenvalue weighted by Gasteiger charge is -2.14. The molecule has 0 spiro atoms. The van der Waals surface area contributed by atoms with Crippen LogP contribution in [0, 0.1) is 0 Å². The first-order valence-corrected chi connectivity index (χ1v) is 12.1. The Morgan fingerprint density at radius 3 is 2.44 bits per heavy atom. The molecule has 7 heteroatoms. The van der Waals surface area contributed by atoms with Crippen molar-refractivity contribution in [3.05, 3.63) is 70.1 Å². The van der Waals surface area contributed by atoms with E-state index in [0.717, 1.165) is 25.7 Å². The molecule has 2 N–H and O–H groups in total. The first kappa shape index (κ1) is 23.7. The number of aryl methyl sites for hydroxylation is 1. The molecule has 0 radical (unpaired) electrons. The zero-order chi connectivity index (χ0) is 24.1. The fourth-order valence-corrected chi connectivity index (χ4v) is 4.46. The van der Waals surface area contributed by atoms with Gasteiger partial charge in [-0.15, -0.1) is 0 Å². The van der Waals surface area contributed by atoms with Gasteiger partial charge < -0.3 is 10.6 Å². The van der Waals surface area contributed by atoms with Crippen LogP contribution in [-0.4, -0.2) is 27.4 Å². The zero-order valence-electron chi connectivity index (χ0n) is 19.8. The van der Waals surface area contributed by atoms with Gasteiger partial charge in [0.05, 0.1) is 11.0 Å². The lowest BCUT2D eigenvalue weighted by atomic mass is 10.0. The number of nitrogens with zero attached hydrogens (tertiary/aromatic N) is 2. The molecule has 1 aromatic heterocycles. The smallest absolute Gasteiger partial charge is 0.273 e. The second-order valence-electron chi connectivity index (χ2n) is 9.31. The van der Waals surface area contributed by atoms with Gasteiger partial charge >= 0.3 is 0 Å². The van der Waals surface area contributed by atoms with E-state index in [9.17, 15) is 14.4 Å². The molecule has 0 unspecified atom stereocenters. The number of anilines is 1. The minimum absolute atomic E-state index is 0.0598. The molecule has 0 saturated heterocycles. The lowest BCUT2D eigenvalue weighted by molar-refractivity contribution is -0.121. The van der Waals surface area contributed by atoms with Crippen LogP contribution in [0.4, 0.5) is 5.69 Å². The summed E-state index contributed by atoms with van der Waals surface area (Å²) < 4.78 is 1.45. The molecule has 1 fully saturated rings. The van der Waals surface area contributed by atoms with Gasteiger partial charge in [0.2, 0.25) is 11.8 Å². The molecular weight excluding hydrogens is 428 g/mol. The van der Waals surface area contributed by atoms with Gasteiger partial charge in [-0.2, -0.15) is 0 Å². The quantitative estimate of drug-likeness (QED) is 0.528. The van der Waals surface area contributed by atoms with Crippen LogP contribution < -0.4 is 16.2 Å². The Kier molecular flexibility index (Phi) is 7.40. The summed E-state index contributed by atoms with van der Waals surface area (Å²) in [5.74, 6) is 0.0567. The summed E-state index contributed by atoms with van der Waals surface area (Å²) in [5, 5.41) is 5.93. The van der Waals surface area contributed by atoms with E-state index in [1.54, 1.807) is 6.07 Å². The van der Waals surface area contributed by atoms with Crippen LogP contribution >= 0.6 is 0 Å². The van der Waals surface area contributed by atoms with E-state index < -0.39 is 0 Å². The Morgan fingerprint density at radius 2 is 1.74 bits per heavy atom. The highest BCUT2D eigenvalue weighted by Gasteiger charge is 2.19. The average molecular weight is 461 g/mol. The van der Waals surface area contributed by atoms with Crippen molar-refractivity contribution >= 4 is 28.5 Å². The van der Waals surface area contributed by atoms with Gasteiger partial charge in [0.25, 0.3) is 5.56 Å². The van der Waals surface area contributed by atoms with Crippen LogP contribution in [0.5, 0.6) is 0 Å². The number of hydrogen-bond acceptors (Lipinski definition) is 4. The Bertz CT molecular complexity index is 1220. The summed E-state index contributed by atoms with van der Waals surface area (Å²) >= 11 is 0.